The highest BCUT2D eigenvalue weighted by molar-refractivity contribution is 9.10. The van der Waals surface area contributed by atoms with Gasteiger partial charge in [-0.2, -0.15) is 11.8 Å². The average Bonchev–Trinajstić information content (AvgIpc) is 2.30. The smallest absolute Gasteiger partial charge is 0.337 e. The molecule has 1 rings (SSSR count). The van der Waals surface area contributed by atoms with Crippen LogP contribution in [0.2, 0.25) is 0 Å². The molecule has 0 unspecified atom stereocenters. The second-order valence-electron chi connectivity index (χ2n) is 3.07. The van der Waals surface area contributed by atoms with E-state index in [1.807, 2.05) is 6.07 Å². The maximum atomic E-state index is 11.3. The Kier molecular flexibility index (Phi) is 5.87. The van der Waals surface area contributed by atoms with Crippen LogP contribution in [0.15, 0.2) is 22.7 Å². The number of carbonyl (C=O) groups excluding carboxylic acids is 1. The number of esters is 1. The van der Waals surface area contributed by atoms with Crippen LogP contribution >= 0.6 is 27.7 Å². The first kappa shape index (κ1) is 13.5. The minimum absolute atomic E-state index is 0.183. The second-order valence-corrected chi connectivity index (χ2v) is 5.03. The summed E-state index contributed by atoms with van der Waals surface area (Å²) < 4.78 is 5.52. The van der Waals surface area contributed by atoms with E-state index in [0.717, 1.165) is 15.8 Å². The number of halogens is 1. The number of hydrogen-bond donors (Lipinski definition) is 1. The quantitative estimate of drug-likeness (QED) is 0.670. The standard InChI is InChI=1S/C11H13BrO3S/c1-15-11(14)8-2-3-9(10(12)6-8)7-16-5-4-13/h2-3,6,13H,4-5,7H2,1H3. The SMILES string of the molecule is COC(=O)c1ccc(CSCCO)c(Br)c1. The lowest BCUT2D eigenvalue weighted by atomic mass is 10.1. The first-order chi connectivity index (χ1) is 7.69. The molecule has 16 heavy (non-hydrogen) atoms. The molecule has 1 N–H and O–H groups in total. The van der Waals surface area contributed by atoms with E-state index in [0.29, 0.717) is 11.3 Å². The molecular weight excluding hydrogens is 292 g/mol. The Morgan fingerprint density at radius 3 is 2.88 bits per heavy atom. The van der Waals surface area contributed by atoms with Gasteiger partial charge in [0.1, 0.15) is 0 Å². The van der Waals surface area contributed by atoms with Gasteiger partial charge in [-0.3, -0.25) is 0 Å². The molecule has 0 aliphatic carbocycles. The van der Waals surface area contributed by atoms with Crippen LogP contribution in [-0.2, 0) is 10.5 Å². The number of aliphatic hydroxyl groups is 1. The Labute approximate surface area is 107 Å². The number of methoxy groups -OCH3 is 1. The van der Waals surface area contributed by atoms with E-state index >= 15 is 0 Å². The summed E-state index contributed by atoms with van der Waals surface area (Å²) in [5.74, 6) is 1.18. The summed E-state index contributed by atoms with van der Waals surface area (Å²) in [5.41, 5.74) is 1.64. The molecule has 0 heterocycles. The monoisotopic (exact) mass is 304 g/mol. The zero-order valence-electron chi connectivity index (χ0n) is 8.90. The summed E-state index contributed by atoms with van der Waals surface area (Å²) in [5, 5.41) is 8.67. The van der Waals surface area contributed by atoms with Crippen LogP contribution in [0.3, 0.4) is 0 Å². The Bertz CT molecular complexity index is 368. The number of thioether (sulfide) groups is 1. The molecule has 0 aliphatic heterocycles. The first-order valence-electron chi connectivity index (χ1n) is 4.74. The summed E-state index contributed by atoms with van der Waals surface area (Å²) in [6.45, 7) is 0.183. The molecule has 0 bridgehead atoms. The Morgan fingerprint density at radius 1 is 1.56 bits per heavy atom. The van der Waals surface area contributed by atoms with Gasteiger partial charge in [-0.05, 0) is 17.7 Å². The van der Waals surface area contributed by atoms with E-state index in [2.05, 4.69) is 20.7 Å². The Hall–Kier alpha value is -0.520. The molecule has 5 heteroatoms. The molecule has 0 radical (unpaired) electrons. The van der Waals surface area contributed by atoms with Crippen molar-refractivity contribution in [1.29, 1.82) is 0 Å². The molecular formula is C11H13BrO3S. The summed E-state index contributed by atoms with van der Waals surface area (Å²) in [7, 11) is 1.36. The van der Waals surface area contributed by atoms with Crippen LogP contribution in [0, 0.1) is 0 Å². The van der Waals surface area contributed by atoms with Crippen molar-refractivity contribution >= 4 is 33.7 Å². The van der Waals surface area contributed by atoms with Crippen molar-refractivity contribution in [2.75, 3.05) is 19.5 Å². The van der Waals surface area contributed by atoms with Crippen molar-refractivity contribution in [3.63, 3.8) is 0 Å². The minimum Gasteiger partial charge on any atom is -0.465 e. The maximum absolute atomic E-state index is 11.3. The van der Waals surface area contributed by atoms with Crippen LogP contribution in [0.5, 0.6) is 0 Å². The van der Waals surface area contributed by atoms with E-state index < -0.39 is 0 Å². The molecule has 0 saturated carbocycles. The molecule has 3 nitrogen and oxygen atoms in total. The summed E-state index contributed by atoms with van der Waals surface area (Å²) in [6.07, 6.45) is 0. The van der Waals surface area contributed by atoms with E-state index in [9.17, 15) is 4.79 Å². The summed E-state index contributed by atoms with van der Waals surface area (Å²) >= 11 is 5.06. The molecule has 0 fully saturated rings. The lowest BCUT2D eigenvalue weighted by Crippen LogP contribution is -2.01. The maximum Gasteiger partial charge on any atom is 0.337 e. The number of hydrogen-bond acceptors (Lipinski definition) is 4. The molecule has 1 aromatic rings. The molecule has 0 aliphatic rings. The van der Waals surface area contributed by atoms with Gasteiger partial charge in [-0.25, -0.2) is 4.79 Å². The van der Waals surface area contributed by atoms with Crippen LogP contribution < -0.4 is 0 Å². The predicted octanol–water partition coefficient (Wildman–Crippen LogP) is 2.46. The zero-order chi connectivity index (χ0) is 12.0. The van der Waals surface area contributed by atoms with Gasteiger partial charge < -0.3 is 9.84 Å². The van der Waals surface area contributed by atoms with Crippen LogP contribution in [0.1, 0.15) is 15.9 Å². The molecule has 1 aromatic carbocycles. The topological polar surface area (TPSA) is 46.5 Å². The first-order valence-corrected chi connectivity index (χ1v) is 6.69. The number of rotatable bonds is 5. The van der Waals surface area contributed by atoms with Crippen molar-refractivity contribution in [3.05, 3.63) is 33.8 Å². The third kappa shape index (κ3) is 3.81. The van der Waals surface area contributed by atoms with Gasteiger partial charge in [0.2, 0.25) is 0 Å². The largest absolute Gasteiger partial charge is 0.465 e. The van der Waals surface area contributed by atoms with Gasteiger partial charge in [-0.1, -0.05) is 22.0 Å². The fraction of sp³-hybridized carbons (Fsp3) is 0.364. The fourth-order valence-corrected chi connectivity index (χ4v) is 2.61. The van der Waals surface area contributed by atoms with Crippen molar-refractivity contribution in [2.45, 2.75) is 5.75 Å². The second kappa shape index (κ2) is 6.93. The number of benzene rings is 1. The van der Waals surface area contributed by atoms with Gasteiger partial charge in [0.15, 0.2) is 0 Å². The molecule has 0 spiro atoms. The van der Waals surface area contributed by atoms with Crippen LogP contribution in [0.4, 0.5) is 0 Å². The number of ether oxygens (including phenoxy) is 1. The van der Waals surface area contributed by atoms with E-state index in [-0.39, 0.29) is 12.6 Å². The highest BCUT2D eigenvalue weighted by Crippen LogP contribution is 2.23. The number of carbonyl (C=O) groups is 1. The van der Waals surface area contributed by atoms with Crippen molar-refractivity contribution < 1.29 is 14.6 Å². The van der Waals surface area contributed by atoms with Crippen molar-refractivity contribution in [3.8, 4) is 0 Å². The minimum atomic E-state index is -0.338. The Morgan fingerprint density at radius 2 is 2.31 bits per heavy atom. The van der Waals surface area contributed by atoms with Gasteiger partial charge in [0, 0.05) is 16.0 Å². The Balaban J connectivity index is 2.71. The van der Waals surface area contributed by atoms with Gasteiger partial charge >= 0.3 is 5.97 Å². The summed E-state index contributed by atoms with van der Waals surface area (Å²) in [6, 6.07) is 5.38. The molecule has 88 valence electrons. The third-order valence-corrected chi connectivity index (χ3v) is 3.69. The number of aliphatic hydroxyl groups excluding tert-OH is 1. The van der Waals surface area contributed by atoms with E-state index in [1.165, 1.54) is 7.11 Å². The molecule has 0 aromatic heterocycles. The van der Waals surface area contributed by atoms with Crippen LogP contribution in [0.25, 0.3) is 0 Å². The fourth-order valence-electron chi connectivity index (χ4n) is 1.16. The lowest BCUT2D eigenvalue weighted by Gasteiger charge is -2.06. The van der Waals surface area contributed by atoms with Crippen molar-refractivity contribution in [2.24, 2.45) is 0 Å². The highest BCUT2D eigenvalue weighted by Gasteiger charge is 2.08. The third-order valence-electron chi connectivity index (χ3n) is 1.97. The normalized spacial score (nSPS) is 10.2. The molecule has 0 amide bonds. The predicted molar refractivity (Wildman–Crippen MR) is 68.7 cm³/mol. The van der Waals surface area contributed by atoms with Gasteiger partial charge in [0.25, 0.3) is 0 Å². The average molecular weight is 305 g/mol. The van der Waals surface area contributed by atoms with E-state index in [1.54, 1.807) is 23.9 Å². The molecule has 0 saturated heterocycles. The lowest BCUT2D eigenvalue weighted by molar-refractivity contribution is 0.0600. The zero-order valence-corrected chi connectivity index (χ0v) is 11.3. The van der Waals surface area contributed by atoms with Crippen molar-refractivity contribution in [1.82, 2.24) is 0 Å². The van der Waals surface area contributed by atoms with Crippen LogP contribution in [-0.4, -0.2) is 30.5 Å². The van der Waals surface area contributed by atoms with E-state index in [4.69, 9.17) is 5.11 Å². The summed E-state index contributed by atoms with van der Waals surface area (Å²) in [4.78, 5) is 11.3. The van der Waals surface area contributed by atoms with Gasteiger partial charge in [0.05, 0.1) is 19.3 Å². The highest BCUT2D eigenvalue weighted by atomic mass is 79.9. The van der Waals surface area contributed by atoms with Gasteiger partial charge in [-0.15, -0.1) is 0 Å². The molecule has 0 atom stereocenters.